The van der Waals surface area contributed by atoms with Gasteiger partial charge < -0.3 is 20.1 Å². The van der Waals surface area contributed by atoms with Crippen LogP contribution in [0.5, 0.6) is 11.5 Å². The summed E-state index contributed by atoms with van der Waals surface area (Å²) in [5.41, 5.74) is 1.83. The molecule has 0 radical (unpaired) electrons. The minimum absolute atomic E-state index is 0.0942. The van der Waals surface area contributed by atoms with Crippen LogP contribution in [0.15, 0.2) is 78.9 Å². The van der Waals surface area contributed by atoms with Gasteiger partial charge in [0.2, 0.25) is 5.91 Å². The minimum atomic E-state index is -0.222. The van der Waals surface area contributed by atoms with Crippen molar-refractivity contribution in [2.45, 2.75) is 19.8 Å². The third-order valence-electron chi connectivity index (χ3n) is 4.41. The molecule has 0 unspecified atom stereocenters. The van der Waals surface area contributed by atoms with E-state index in [0.717, 1.165) is 11.5 Å². The van der Waals surface area contributed by atoms with E-state index in [1.165, 1.54) is 0 Å². The van der Waals surface area contributed by atoms with Crippen LogP contribution in [0.3, 0.4) is 0 Å². The monoisotopic (exact) mass is 418 g/mol. The largest absolute Gasteiger partial charge is 0.494 e. The van der Waals surface area contributed by atoms with Gasteiger partial charge in [-0.1, -0.05) is 18.2 Å². The highest BCUT2D eigenvalue weighted by atomic mass is 16.5. The van der Waals surface area contributed by atoms with Crippen molar-refractivity contribution >= 4 is 23.2 Å². The lowest BCUT2D eigenvalue weighted by molar-refractivity contribution is -0.116. The van der Waals surface area contributed by atoms with E-state index in [1.807, 2.05) is 49.4 Å². The van der Waals surface area contributed by atoms with Crippen molar-refractivity contribution < 1.29 is 19.1 Å². The highest BCUT2D eigenvalue weighted by Crippen LogP contribution is 2.17. The lowest BCUT2D eigenvalue weighted by Crippen LogP contribution is -2.14. The van der Waals surface area contributed by atoms with Crippen molar-refractivity contribution in [3.63, 3.8) is 0 Å². The predicted octanol–water partition coefficient (Wildman–Crippen LogP) is 5.14. The maximum Gasteiger partial charge on any atom is 0.255 e. The predicted molar refractivity (Wildman–Crippen MR) is 122 cm³/mol. The molecule has 0 aliphatic heterocycles. The number of hydrogen-bond donors (Lipinski definition) is 2. The highest BCUT2D eigenvalue weighted by molar-refractivity contribution is 6.04. The Morgan fingerprint density at radius 2 is 1.35 bits per heavy atom. The van der Waals surface area contributed by atoms with E-state index >= 15 is 0 Å². The number of anilines is 2. The topological polar surface area (TPSA) is 76.7 Å². The second-order valence-corrected chi connectivity index (χ2v) is 6.80. The number of carbonyl (C=O) groups is 2. The Bertz CT molecular complexity index is 971. The molecule has 0 atom stereocenters. The zero-order chi connectivity index (χ0) is 21.9. The molecule has 6 nitrogen and oxygen atoms in total. The fourth-order valence-electron chi connectivity index (χ4n) is 2.87. The van der Waals surface area contributed by atoms with E-state index in [-0.39, 0.29) is 11.8 Å². The number of hydrogen-bond acceptors (Lipinski definition) is 4. The molecule has 3 aromatic rings. The normalized spacial score (nSPS) is 10.2. The molecule has 2 amide bonds. The van der Waals surface area contributed by atoms with Crippen LogP contribution in [0.1, 0.15) is 30.1 Å². The molecule has 6 heteroatoms. The number of amides is 2. The summed E-state index contributed by atoms with van der Waals surface area (Å²) in [7, 11) is 0. The lowest BCUT2D eigenvalue weighted by atomic mass is 10.2. The van der Waals surface area contributed by atoms with Gasteiger partial charge in [0.05, 0.1) is 13.2 Å². The number of nitrogens with one attached hydrogen (secondary N) is 2. The molecule has 2 N–H and O–H groups in total. The first-order valence-electron chi connectivity index (χ1n) is 10.3. The molecular weight excluding hydrogens is 392 g/mol. The Morgan fingerprint density at radius 3 is 2.03 bits per heavy atom. The van der Waals surface area contributed by atoms with Crippen LogP contribution in [0, 0.1) is 0 Å². The van der Waals surface area contributed by atoms with E-state index in [2.05, 4.69) is 10.6 Å². The van der Waals surface area contributed by atoms with E-state index in [9.17, 15) is 9.59 Å². The third-order valence-corrected chi connectivity index (χ3v) is 4.41. The maximum atomic E-state index is 12.4. The van der Waals surface area contributed by atoms with Gasteiger partial charge in [-0.05, 0) is 74.0 Å². The first kappa shape index (κ1) is 21.9. The standard InChI is InChI=1S/C25H26N2O4/c1-2-30-23-16-14-21(15-17-23)27-25(29)19-10-12-20(13-11-19)26-24(28)9-6-18-31-22-7-4-3-5-8-22/h3-5,7-8,10-17H,2,6,9,18H2,1H3,(H,26,28)(H,27,29). The van der Waals surface area contributed by atoms with Gasteiger partial charge in [0, 0.05) is 23.4 Å². The molecule has 3 rings (SSSR count). The van der Waals surface area contributed by atoms with Crippen LogP contribution >= 0.6 is 0 Å². The molecule has 3 aromatic carbocycles. The summed E-state index contributed by atoms with van der Waals surface area (Å²) >= 11 is 0. The van der Waals surface area contributed by atoms with E-state index in [1.54, 1.807) is 36.4 Å². The van der Waals surface area contributed by atoms with Crippen LogP contribution in [-0.2, 0) is 4.79 Å². The van der Waals surface area contributed by atoms with Crippen molar-refractivity contribution in [2.24, 2.45) is 0 Å². The fraction of sp³-hybridized carbons (Fsp3) is 0.200. The molecule has 0 fully saturated rings. The molecule has 31 heavy (non-hydrogen) atoms. The molecule has 0 aliphatic carbocycles. The minimum Gasteiger partial charge on any atom is -0.494 e. The van der Waals surface area contributed by atoms with Crippen molar-refractivity contribution in [3.8, 4) is 11.5 Å². The van der Waals surface area contributed by atoms with E-state index in [0.29, 0.717) is 43.0 Å². The summed E-state index contributed by atoms with van der Waals surface area (Å²) in [5, 5.41) is 5.67. The summed E-state index contributed by atoms with van der Waals surface area (Å²) in [6, 6.07) is 23.5. The SMILES string of the molecule is CCOc1ccc(NC(=O)c2ccc(NC(=O)CCCOc3ccccc3)cc2)cc1. The van der Waals surface area contributed by atoms with Gasteiger partial charge in [-0.3, -0.25) is 9.59 Å². The van der Waals surface area contributed by atoms with Crippen molar-refractivity contribution in [3.05, 3.63) is 84.4 Å². The van der Waals surface area contributed by atoms with E-state index < -0.39 is 0 Å². The number of rotatable bonds is 10. The summed E-state index contributed by atoms with van der Waals surface area (Å²) in [4.78, 5) is 24.5. The van der Waals surface area contributed by atoms with Gasteiger partial charge in [-0.25, -0.2) is 0 Å². The molecule has 0 aliphatic rings. The van der Waals surface area contributed by atoms with Gasteiger partial charge in [-0.15, -0.1) is 0 Å². The number of carbonyl (C=O) groups excluding carboxylic acids is 2. The van der Waals surface area contributed by atoms with Gasteiger partial charge in [0.15, 0.2) is 0 Å². The fourth-order valence-corrected chi connectivity index (χ4v) is 2.87. The molecule has 160 valence electrons. The molecule has 0 aromatic heterocycles. The van der Waals surface area contributed by atoms with Gasteiger partial charge >= 0.3 is 0 Å². The average molecular weight is 418 g/mol. The first-order valence-corrected chi connectivity index (χ1v) is 10.3. The molecule has 0 saturated heterocycles. The highest BCUT2D eigenvalue weighted by Gasteiger charge is 2.08. The summed E-state index contributed by atoms with van der Waals surface area (Å²) < 4.78 is 11.0. The summed E-state index contributed by atoms with van der Waals surface area (Å²) in [6.45, 7) is 2.99. The van der Waals surface area contributed by atoms with Crippen molar-refractivity contribution in [1.82, 2.24) is 0 Å². The summed E-state index contributed by atoms with van der Waals surface area (Å²) in [5.74, 6) is 1.23. The second-order valence-electron chi connectivity index (χ2n) is 6.80. The third kappa shape index (κ3) is 7.19. The summed E-state index contributed by atoms with van der Waals surface area (Å²) in [6.07, 6.45) is 0.968. The van der Waals surface area contributed by atoms with Crippen LogP contribution in [0.4, 0.5) is 11.4 Å². The smallest absolute Gasteiger partial charge is 0.255 e. The number of benzene rings is 3. The average Bonchev–Trinajstić information content (AvgIpc) is 2.79. The van der Waals surface area contributed by atoms with Crippen LogP contribution in [0.25, 0.3) is 0 Å². The van der Waals surface area contributed by atoms with E-state index in [4.69, 9.17) is 9.47 Å². The van der Waals surface area contributed by atoms with Gasteiger partial charge in [-0.2, -0.15) is 0 Å². The molecule has 0 spiro atoms. The molecule has 0 heterocycles. The Morgan fingerprint density at radius 1 is 0.742 bits per heavy atom. The van der Waals surface area contributed by atoms with Crippen LogP contribution in [0.2, 0.25) is 0 Å². The quantitative estimate of drug-likeness (QED) is 0.447. The van der Waals surface area contributed by atoms with Gasteiger partial charge in [0.1, 0.15) is 11.5 Å². The zero-order valence-corrected chi connectivity index (χ0v) is 17.5. The first-order chi connectivity index (χ1) is 15.1. The number of para-hydroxylation sites is 1. The second kappa shape index (κ2) is 11.4. The van der Waals surface area contributed by atoms with Crippen molar-refractivity contribution in [1.29, 1.82) is 0 Å². The maximum absolute atomic E-state index is 12.4. The van der Waals surface area contributed by atoms with Crippen LogP contribution in [-0.4, -0.2) is 25.0 Å². The zero-order valence-electron chi connectivity index (χ0n) is 17.5. The van der Waals surface area contributed by atoms with Crippen molar-refractivity contribution in [2.75, 3.05) is 23.8 Å². The lowest BCUT2D eigenvalue weighted by Gasteiger charge is -2.09. The Kier molecular flexibility index (Phi) is 8.05. The van der Waals surface area contributed by atoms with Gasteiger partial charge in [0.25, 0.3) is 5.91 Å². The Balaban J connectivity index is 1.42. The Labute approximate surface area is 182 Å². The Hall–Kier alpha value is -3.80. The molecule has 0 saturated carbocycles. The molecular formula is C25H26N2O4. The molecule has 0 bridgehead atoms. The van der Waals surface area contributed by atoms with Crippen LogP contribution < -0.4 is 20.1 Å². The number of ether oxygens (including phenoxy) is 2.